The van der Waals surface area contributed by atoms with E-state index in [1.165, 1.54) is 5.56 Å². The van der Waals surface area contributed by atoms with Crippen LogP contribution in [0.3, 0.4) is 0 Å². The number of carbonyl (C=O) groups is 1. The second kappa shape index (κ2) is 3.57. The number of nitrogens with zero attached hydrogens (tertiary/aromatic N) is 1. The van der Waals surface area contributed by atoms with Crippen LogP contribution in [-0.4, -0.2) is 29.4 Å². The first kappa shape index (κ1) is 10.8. The van der Waals surface area contributed by atoms with E-state index in [1.54, 1.807) is 0 Å². The van der Waals surface area contributed by atoms with Crippen molar-refractivity contribution in [2.45, 2.75) is 25.3 Å². The molecule has 1 saturated heterocycles. The number of nitrogens with two attached hydrogens (primary N) is 1. The van der Waals surface area contributed by atoms with Crippen molar-refractivity contribution >= 4 is 5.91 Å². The Morgan fingerprint density at radius 2 is 2.12 bits per heavy atom. The number of hydrogen-bond donors (Lipinski definition) is 1. The maximum atomic E-state index is 12.3. The van der Waals surface area contributed by atoms with Gasteiger partial charge >= 0.3 is 0 Å². The summed E-state index contributed by atoms with van der Waals surface area (Å²) in [5, 5.41) is 0. The molecule has 3 rings (SSSR count). The van der Waals surface area contributed by atoms with Gasteiger partial charge in [0, 0.05) is 24.2 Å². The SMILES string of the molecule is Cc1ccc(C(=O)N2CCC3CC3(N)C2)cc1. The smallest absolute Gasteiger partial charge is 0.253 e. The molecular weight excluding hydrogens is 212 g/mol. The molecule has 2 N–H and O–H groups in total. The van der Waals surface area contributed by atoms with Gasteiger partial charge in [0.15, 0.2) is 0 Å². The highest BCUT2D eigenvalue weighted by molar-refractivity contribution is 5.94. The maximum absolute atomic E-state index is 12.3. The summed E-state index contributed by atoms with van der Waals surface area (Å²) < 4.78 is 0. The predicted octanol–water partition coefficient (Wildman–Crippen LogP) is 1.56. The van der Waals surface area contributed by atoms with Gasteiger partial charge in [-0.2, -0.15) is 0 Å². The first-order valence-corrected chi connectivity index (χ1v) is 6.23. The molecule has 1 aromatic rings. The minimum absolute atomic E-state index is 0.0708. The van der Waals surface area contributed by atoms with E-state index in [1.807, 2.05) is 36.1 Å². The highest BCUT2D eigenvalue weighted by Crippen LogP contribution is 2.47. The Balaban J connectivity index is 1.76. The molecule has 3 nitrogen and oxygen atoms in total. The number of fused-ring (bicyclic) bond motifs is 1. The Labute approximate surface area is 102 Å². The van der Waals surface area contributed by atoms with Gasteiger partial charge in [0.25, 0.3) is 5.91 Å². The van der Waals surface area contributed by atoms with E-state index < -0.39 is 0 Å². The molecule has 3 heteroatoms. The van der Waals surface area contributed by atoms with Crippen molar-refractivity contribution in [1.29, 1.82) is 0 Å². The maximum Gasteiger partial charge on any atom is 0.253 e. The average Bonchev–Trinajstić information content (AvgIpc) is 2.99. The fourth-order valence-electron chi connectivity index (χ4n) is 2.78. The van der Waals surface area contributed by atoms with Gasteiger partial charge in [-0.15, -0.1) is 0 Å². The van der Waals surface area contributed by atoms with Crippen molar-refractivity contribution in [3.63, 3.8) is 0 Å². The quantitative estimate of drug-likeness (QED) is 0.795. The monoisotopic (exact) mass is 230 g/mol. The summed E-state index contributed by atoms with van der Waals surface area (Å²) in [6.07, 6.45) is 2.15. The van der Waals surface area contributed by atoms with Crippen LogP contribution in [0.4, 0.5) is 0 Å². The fraction of sp³-hybridized carbons (Fsp3) is 0.500. The van der Waals surface area contributed by atoms with Crippen LogP contribution >= 0.6 is 0 Å². The van der Waals surface area contributed by atoms with Gasteiger partial charge in [0.1, 0.15) is 0 Å². The fourth-order valence-corrected chi connectivity index (χ4v) is 2.78. The van der Waals surface area contributed by atoms with Gasteiger partial charge in [0.2, 0.25) is 0 Å². The van der Waals surface area contributed by atoms with Crippen LogP contribution in [0.25, 0.3) is 0 Å². The van der Waals surface area contributed by atoms with Gasteiger partial charge in [0.05, 0.1) is 0 Å². The zero-order valence-electron chi connectivity index (χ0n) is 10.1. The summed E-state index contributed by atoms with van der Waals surface area (Å²) in [6, 6.07) is 7.77. The third kappa shape index (κ3) is 1.84. The summed E-state index contributed by atoms with van der Waals surface area (Å²) in [7, 11) is 0. The molecular formula is C14H18N2O. The molecule has 1 aromatic carbocycles. The van der Waals surface area contributed by atoms with E-state index in [0.29, 0.717) is 5.92 Å². The number of piperidine rings is 1. The molecule has 2 atom stereocenters. The molecule has 1 aliphatic carbocycles. The summed E-state index contributed by atoms with van der Waals surface area (Å²) in [4.78, 5) is 14.2. The molecule has 2 unspecified atom stereocenters. The lowest BCUT2D eigenvalue weighted by Gasteiger charge is -2.30. The van der Waals surface area contributed by atoms with E-state index in [2.05, 4.69) is 0 Å². The Morgan fingerprint density at radius 3 is 2.76 bits per heavy atom. The molecule has 1 aliphatic heterocycles. The Bertz CT molecular complexity index is 454. The van der Waals surface area contributed by atoms with E-state index >= 15 is 0 Å². The summed E-state index contributed by atoms with van der Waals surface area (Å²) in [6.45, 7) is 3.61. The summed E-state index contributed by atoms with van der Waals surface area (Å²) in [5.41, 5.74) is 8.07. The average molecular weight is 230 g/mol. The lowest BCUT2D eigenvalue weighted by molar-refractivity contribution is 0.0703. The minimum Gasteiger partial charge on any atom is -0.337 e. The van der Waals surface area contributed by atoms with Crippen LogP contribution in [0, 0.1) is 12.8 Å². The second-order valence-electron chi connectivity index (χ2n) is 5.52. The Hall–Kier alpha value is -1.35. The number of rotatable bonds is 1. The van der Waals surface area contributed by atoms with Gasteiger partial charge in [-0.05, 0) is 37.8 Å². The number of carbonyl (C=O) groups excluding carboxylic acids is 1. The predicted molar refractivity (Wildman–Crippen MR) is 66.7 cm³/mol. The second-order valence-corrected chi connectivity index (χ2v) is 5.52. The van der Waals surface area contributed by atoms with E-state index in [-0.39, 0.29) is 11.4 Å². The van der Waals surface area contributed by atoms with Crippen molar-refractivity contribution in [3.8, 4) is 0 Å². The molecule has 0 aromatic heterocycles. The number of aryl methyl sites for hydroxylation is 1. The molecule has 90 valence electrons. The van der Waals surface area contributed by atoms with E-state index in [9.17, 15) is 4.79 Å². The normalized spacial score (nSPS) is 30.9. The third-order valence-electron chi connectivity index (χ3n) is 4.10. The summed E-state index contributed by atoms with van der Waals surface area (Å²) >= 11 is 0. The molecule has 0 spiro atoms. The van der Waals surface area contributed by atoms with Crippen molar-refractivity contribution in [2.75, 3.05) is 13.1 Å². The highest BCUT2D eigenvalue weighted by Gasteiger charge is 2.54. The summed E-state index contributed by atoms with van der Waals surface area (Å²) in [5.74, 6) is 0.782. The first-order valence-electron chi connectivity index (χ1n) is 6.23. The van der Waals surface area contributed by atoms with Crippen molar-refractivity contribution < 1.29 is 4.79 Å². The van der Waals surface area contributed by atoms with Gasteiger partial charge in [-0.3, -0.25) is 4.79 Å². The molecule has 2 aliphatic rings. The number of likely N-dealkylation sites (tertiary alicyclic amines) is 1. The van der Waals surface area contributed by atoms with Crippen LogP contribution in [0.15, 0.2) is 24.3 Å². The van der Waals surface area contributed by atoms with Crippen LogP contribution in [0.2, 0.25) is 0 Å². The van der Waals surface area contributed by atoms with Crippen molar-refractivity contribution in [3.05, 3.63) is 35.4 Å². The molecule has 1 amide bonds. The molecule has 0 bridgehead atoms. The standard InChI is InChI=1S/C14H18N2O/c1-10-2-4-11(5-3-10)13(17)16-7-6-12-8-14(12,15)9-16/h2-5,12H,6-9,15H2,1H3. The zero-order chi connectivity index (χ0) is 12.0. The van der Waals surface area contributed by atoms with Crippen LogP contribution in [0.1, 0.15) is 28.8 Å². The zero-order valence-corrected chi connectivity index (χ0v) is 10.1. The molecule has 1 heterocycles. The number of benzene rings is 1. The van der Waals surface area contributed by atoms with Gasteiger partial charge in [-0.25, -0.2) is 0 Å². The topological polar surface area (TPSA) is 46.3 Å². The molecule has 1 saturated carbocycles. The van der Waals surface area contributed by atoms with Crippen molar-refractivity contribution in [1.82, 2.24) is 4.90 Å². The van der Waals surface area contributed by atoms with Gasteiger partial charge < -0.3 is 10.6 Å². The molecule has 0 radical (unpaired) electrons. The van der Waals surface area contributed by atoms with Crippen LogP contribution < -0.4 is 5.73 Å². The lowest BCUT2D eigenvalue weighted by atomic mass is 10.0. The number of hydrogen-bond acceptors (Lipinski definition) is 2. The molecule has 17 heavy (non-hydrogen) atoms. The lowest BCUT2D eigenvalue weighted by Crippen LogP contribution is -2.47. The third-order valence-corrected chi connectivity index (χ3v) is 4.10. The largest absolute Gasteiger partial charge is 0.337 e. The van der Waals surface area contributed by atoms with E-state index in [4.69, 9.17) is 5.73 Å². The Morgan fingerprint density at radius 1 is 1.41 bits per heavy atom. The molecule has 2 fully saturated rings. The van der Waals surface area contributed by atoms with E-state index in [0.717, 1.165) is 31.5 Å². The minimum atomic E-state index is -0.0708. The van der Waals surface area contributed by atoms with Crippen molar-refractivity contribution in [2.24, 2.45) is 11.7 Å². The number of amides is 1. The first-order chi connectivity index (χ1) is 8.08. The van der Waals surface area contributed by atoms with Gasteiger partial charge in [-0.1, -0.05) is 17.7 Å². The Kier molecular flexibility index (Phi) is 2.26. The highest BCUT2D eigenvalue weighted by atomic mass is 16.2. The van der Waals surface area contributed by atoms with Crippen LogP contribution in [0.5, 0.6) is 0 Å². The van der Waals surface area contributed by atoms with Crippen LogP contribution in [-0.2, 0) is 0 Å².